The summed E-state index contributed by atoms with van der Waals surface area (Å²) in [4.78, 5) is 21.8. The number of non-ortho nitro benzene ring substituents is 1. The number of nitro groups is 1. The van der Waals surface area contributed by atoms with Crippen molar-refractivity contribution < 1.29 is 18.8 Å². The largest absolute Gasteiger partial charge is 0.467 e. The van der Waals surface area contributed by atoms with E-state index in [0.29, 0.717) is 12.8 Å². The summed E-state index contributed by atoms with van der Waals surface area (Å²) in [6.45, 7) is 3.50. The molecule has 1 aromatic rings. The van der Waals surface area contributed by atoms with Crippen LogP contribution in [0.4, 0.5) is 15.8 Å². The van der Waals surface area contributed by atoms with E-state index >= 15 is 0 Å². The fraction of sp³-hybridized carbons (Fsp3) is 0.462. The van der Waals surface area contributed by atoms with Gasteiger partial charge in [-0.15, -0.1) is 0 Å². The summed E-state index contributed by atoms with van der Waals surface area (Å²) in [6, 6.07) is 3.10. The van der Waals surface area contributed by atoms with Crippen LogP contribution in [0.1, 0.15) is 26.7 Å². The number of anilines is 1. The maximum atomic E-state index is 13.4. The molecule has 1 atom stereocenters. The number of benzene rings is 1. The SMILES string of the molecule is CCCC(C)(Nc1cc(F)cc([N+](=O)[O-])c1)C(=O)OC. The number of carbonyl (C=O) groups excluding carboxylic acids is 1. The van der Waals surface area contributed by atoms with Crippen LogP contribution in [-0.2, 0) is 9.53 Å². The molecule has 20 heavy (non-hydrogen) atoms. The number of nitrogens with one attached hydrogen (secondary N) is 1. The standard InChI is InChI=1S/C13H17FN2O4/c1-4-5-13(2,12(17)20-3)15-10-6-9(14)7-11(8-10)16(18)19/h6-8,15H,4-5H2,1-3H3. The van der Waals surface area contributed by atoms with Crippen LogP contribution < -0.4 is 5.32 Å². The molecule has 0 fully saturated rings. The minimum Gasteiger partial charge on any atom is -0.467 e. The van der Waals surface area contributed by atoms with E-state index in [2.05, 4.69) is 5.32 Å². The molecule has 0 aliphatic carbocycles. The van der Waals surface area contributed by atoms with Crippen molar-refractivity contribution in [1.29, 1.82) is 0 Å². The average molecular weight is 284 g/mol. The average Bonchev–Trinajstić information content (AvgIpc) is 2.37. The van der Waals surface area contributed by atoms with Crippen LogP contribution in [0, 0.1) is 15.9 Å². The minimum atomic E-state index is -1.06. The summed E-state index contributed by atoms with van der Waals surface area (Å²) in [5.41, 5.74) is -1.28. The van der Waals surface area contributed by atoms with Crippen molar-refractivity contribution in [2.45, 2.75) is 32.2 Å². The van der Waals surface area contributed by atoms with E-state index in [9.17, 15) is 19.3 Å². The number of ether oxygens (including phenoxy) is 1. The third-order valence-electron chi connectivity index (χ3n) is 2.90. The number of hydrogen-bond donors (Lipinski definition) is 1. The van der Waals surface area contributed by atoms with Crippen LogP contribution in [-0.4, -0.2) is 23.5 Å². The van der Waals surface area contributed by atoms with E-state index in [4.69, 9.17) is 4.74 Å². The molecule has 0 aliphatic rings. The molecule has 0 aliphatic heterocycles. The molecule has 6 nitrogen and oxygen atoms in total. The first-order valence-electron chi connectivity index (χ1n) is 6.14. The fourth-order valence-electron chi connectivity index (χ4n) is 2.01. The van der Waals surface area contributed by atoms with E-state index in [1.165, 1.54) is 13.2 Å². The lowest BCUT2D eigenvalue weighted by atomic mass is 9.95. The molecule has 1 aromatic carbocycles. The lowest BCUT2D eigenvalue weighted by Crippen LogP contribution is -2.44. The van der Waals surface area contributed by atoms with Gasteiger partial charge in [0.05, 0.1) is 18.1 Å². The topological polar surface area (TPSA) is 81.5 Å². The minimum absolute atomic E-state index is 0.165. The van der Waals surface area contributed by atoms with Gasteiger partial charge < -0.3 is 10.1 Å². The predicted octanol–water partition coefficient (Wildman–Crippen LogP) is 2.88. The second kappa shape index (κ2) is 6.31. The van der Waals surface area contributed by atoms with E-state index < -0.39 is 22.2 Å². The van der Waals surface area contributed by atoms with Crippen LogP contribution in [0.5, 0.6) is 0 Å². The Morgan fingerprint density at radius 2 is 2.15 bits per heavy atom. The Balaban J connectivity index is 3.11. The van der Waals surface area contributed by atoms with Crippen LogP contribution in [0.15, 0.2) is 18.2 Å². The third kappa shape index (κ3) is 3.66. The Morgan fingerprint density at radius 1 is 1.50 bits per heavy atom. The van der Waals surface area contributed by atoms with Gasteiger partial charge in [-0.05, 0) is 19.4 Å². The molecular formula is C13H17FN2O4. The molecule has 1 rings (SSSR count). The molecule has 7 heteroatoms. The number of carbonyl (C=O) groups is 1. The lowest BCUT2D eigenvalue weighted by molar-refractivity contribution is -0.385. The molecule has 0 spiro atoms. The zero-order valence-electron chi connectivity index (χ0n) is 11.6. The molecule has 1 unspecified atom stereocenters. The van der Waals surface area contributed by atoms with Gasteiger partial charge in [0, 0.05) is 11.8 Å². The Morgan fingerprint density at radius 3 is 2.65 bits per heavy atom. The zero-order chi connectivity index (χ0) is 15.3. The quantitative estimate of drug-likeness (QED) is 0.493. The smallest absolute Gasteiger partial charge is 0.331 e. The maximum Gasteiger partial charge on any atom is 0.331 e. The molecule has 0 aromatic heterocycles. The Kier molecular flexibility index (Phi) is 5.01. The van der Waals surface area contributed by atoms with E-state index in [1.807, 2.05) is 6.92 Å². The highest BCUT2D eigenvalue weighted by atomic mass is 19.1. The van der Waals surface area contributed by atoms with Crippen molar-refractivity contribution in [3.05, 3.63) is 34.1 Å². The second-order valence-electron chi connectivity index (χ2n) is 4.65. The summed E-state index contributed by atoms with van der Waals surface area (Å²) in [6.07, 6.45) is 1.14. The molecule has 0 heterocycles. The van der Waals surface area contributed by atoms with Crippen molar-refractivity contribution in [3.8, 4) is 0 Å². The zero-order valence-corrected chi connectivity index (χ0v) is 11.6. The highest BCUT2D eigenvalue weighted by Crippen LogP contribution is 2.26. The summed E-state index contributed by atoms with van der Waals surface area (Å²) < 4.78 is 18.1. The van der Waals surface area contributed by atoms with Crippen molar-refractivity contribution >= 4 is 17.3 Å². The molecule has 1 N–H and O–H groups in total. The van der Waals surface area contributed by atoms with Gasteiger partial charge in [-0.3, -0.25) is 10.1 Å². The van der Waals surface area contributed by atoms with E-state index in [0.717, 1.165) is 12.1 Å². The van der Waals surface area contributed by atoms with Gasteiger partial charge in [-0.1, -0.05) is 13.3 Å². The Labute approximate surface area is 116 Å². The van der Waals surface area contributed by atoms with Crippen molar-refractivity contribution in [2.75, 3.05) is 12.4 Å². The Bertz CT molecular complexity index is 521. The molecule has 110 valence electrons. The van der Waals surface area contributed by atoms with Crippen LogP contribution >= 0.6 is 0 Å². The van der Waals surface area contributed by atoms with Crippen molar-refractivity contribution in [3.63, 3.8) is 0 Å². The maximum absolute atomic E-state index is 13.4. The molecule has 0 bridgehead atoms. The predicted molar refractivity (Wildman–Crippen MR) is 72.0 cm³/mol. The second-order valence-corrected chi connectivity index (χ2v) is 4.65. The summed E-state index contributed by atoms with van der Waals surface area (Å²) in [7, 11) is 1.26. The van der Waals surface area contributed by atoms with Gasteiger partial charge in [-0.2, -0.15) is 0 Å². The highest BCUT2D eigenvalue weighted by molar-refractivity contribution is 5.84. The molecule has 0 saturated carbocycles. The molecular weight excluding hydrogens is 267 g/mol. The lowest BCUT2D eigenvalue weighted by Gasteiger charge is -2.28. The van der Waals surface area contributed by atoms with E-state index in [1.54, 1.807) is 6.92 Å². The number of nitro benzene ring substituents is 1. The Hall–Kier alpha value is -2.18. The van der Waals surface area contributed by atoms with Gasteiger partial charge in [0.2, 0.25) is 0 Å². The third-order valence-corrected chi connectivity index (χ3v) is 2.90. The van der Waals surface area contributed by atoms with Crippen LogP contribution in [0.25, 0.3) is 0 Å². The summed E-state index contributed by atoms with van der Waals surface area (Å²) in [5.74, 6) is -1.25. The summed E-state index contributed by atoms with van der Waals surface area (Å²) in [5, 5.41) is 13.5. The molecule has 0 radical (unpaired) electrons. The molecule has 0 amide bonds. The number of halogens is 1. The summed E-state index contributed by atoms with van der Waals surface area (Å²) >= 11 is 0. The first-order chi connectivity index (χ1) is 9.32. The van der Waals surface area contributed by atoms with Gasteiger partial charge in [0.25, 0.3) is 5.69 Å². The fourth-order valence-corrected chi connectivity index (χ4v) is 2.01. The first kappa shape index (κ1) is 15.9. The van der Waals surface area contributed by atoms with Crippen molar-refractivity contribution in [1.82, 2.24) is 0 Å². The number of nitrogens with zero attached hydrogens (tertiary/aromatic N) is 1. The first-order valence-corrected chi connectivity index (χ1v) is 6.14. The normalized spacial score (nSPS) is 13.4. The molecule has 0 saturated heterocycles. The van der Waals surface area contributed by atoms with Crippen LogP contribution in [0.2, 0.25) is 0 Å². The highest BCUT2D eigenvalue weighted by Gasteiger charge is 2.33. The van der Waals surface area contributed by atoms with Gasteiger partial charge in [0.1, 0.15) is 11.4 Å². The van der Waals surface area contributed by atoms with Gasteiger partial charge >= 0.3 is 5.97 Å². The number of methoxy groups -OCH3 is 1. The van der Waals surface area contributed by atoms with Crippen molar-refractivity contribution in [2.24, 2.45) is 0 Å². The number of rotatable bonds is 6. The van der Waals surface area contributed by atoms with Gasteiger partial charge in [0.15, 0.2) is 0 Å². The number of esters is 1. The van der Waals surface area contributed by atoms with Crippen LogP contribution in [0.3, 0.4) is 0 Å². The van der Waals surface area contributed by atoms with E-state index in [-0.39, 0.29) is 11.4 Å². The van der Waals surface area contributed by atoms with Gasteiger partial charge in [-0.25, -0.2) is 9.18 Å². The monoisotopic (exact) mass is 284 g/mol. The number of hydrogen-bond acceptors (Lipinski definition) is 5.